The number of nitrogens with two attached hydrogens (primary N) is 1. The van der Waals surface area contributed by atoms with E-state index in [1.54, 1.807) is 0 Å². The highest BCUT2D eigenvalue weighted by molar-refractivity contribution is 5.81. The molecule has 0 aromatic heterocycles. The highest BCUT2D eigenvalue weighted by Crippen LogP contribution is 2.44. The predicted octanol–water partition coefficient (Wildman–Crippen LogP) is 1.35. The third-order valence-corrected chi connectivity index (χ3v) is 5.61. The number of amides is 1. The molecule has 0 aromatic carbocycles. The Morgan fingerprint density at radius 3 is 2.43 bits per heavy atom. The molecule has 3 rings (SSSR count). The quantitative estimate of drug-likeness (QED) is 0.824. The van der Waals surface area contributed by atoms with Crippen LogP contribution < -0.4 is 11.1 Å². The van der Waals surface area contributed by atoms with E-state index in [1.807, 2.05) is 0 Å². The number of rotatable bonds is 3. The van der Waals surface area contributed by atoms with Crippen molar-refractivity contribution in [1.82, 2.24) is 5.32 Å². The molecule has 3 aliphatic rings. The van der Waals surface area contributed by atoms with E-state index >= 15 is 0 Å². The number of hydrogen-bond donors (Lipinski definition) is 2. The Balaban J connectivity index is 1.44. The lowest BCUT2D eigenvalue weighted by atomic mass is 9.68. The molecule has 0 bridgehead atoms. The average molecular weight is 296 g/mol. The molecule has 3 N–H and O–H groups in total. The molecule has 120 valence electrons. The molecule has 2 aliphatic heterocycles. The third-order valence-electron chi connectivity index (χ3n) is 5.61. The SMILES string of the molecule is NC[C@H]1CC[C@@H](C(=O)NC2CCC3(CCOCC3)CC2)O1. The molecule has 0 radical (unpaired) electrons. The second-order valence-corrected chi connectivity index (χ2v) is 6.96. The Labute approximate surface area is 126 Å². The summed E-state index contributed by atoms with van der Waals surface area (Å²) in [5, 5.41) is 3.19. The number of ether oxygens (including phenoxy) is 2. The fourth-order valence-corrected chi connectivity index (χ4v) is 4.05. The van der Waals surface area contributed by atoms with Gasteiger partial charge in [0.2, 0.25) is 5.91 Å². The smallest absolute Gasteiger partial charge is 0.249 e. The van der Waals surface area contributed by atoms with Crippen LogP contribution in [0.15, 0.2) is 0 Å². The summed E-state index contributed by atoms with van der Waals surface area (Å²) in [6.45, 7) is 2.33. The molecule has 1 amide bonds. The molecule has 1 spiro atoms. The topological polar surface area (TPSA) is 73.6 Å². The van der Waals surface area contributed by atoms with Crippen molar-refractivity contribution in [3.05, 3.63) is 0 Å². The van der Waals surface area contributed by atoms with Crippen molar-refractivity contribution in [3.63, 3.8) is 0 Å². The molecule has 0 unspecified atom stereocenters. The number of carbonyl (C=O) groups excluding carboxylic acids is 1. The highest BCUT2D eigenvalue weighted by atomic mass is 16.5. The first-order valence-electron chi connectivity index (χ1n) is 8.44. The second kappa shape index (κ2) is 6.63. The highest BCUT2D eigenvalue weighted by Gasteiger charge is 2.38. The van der Waals surface area contributed by atoms with Crippen molar-refractivity contribution in [3.8, 4) is 0 Å². The number of hydrogen-bond acceptors (Lipinski definition) is 4. The van der Waals surface area contributed by atoms with E-state index in [-0.39, 0.29) is 18.1 Å². The lowest BCUT2D eigenvalue weighted by molar-refractivity contribution is -0.133. The van der Waals surface area contributed by atoms with Crippen molar-refractivity contribution >= 4 is 5.91 Å². The minimum atomic E-state index is -0.280. The van der Waals surface area contributed by atoms with Gasteiger partial charge in [0.05, 0.1) is 6.10 Å². The molecule has 2 saturated heterocycles. The summed E-state index contributed by atoms with van der Waals surface area (Å²) in [5.41, 5.74) is 6.09. The Bertz CT molecular complexity index is 359. The molecule has 0 aromatic rings. The first-order valence-corrected chi connectivity index (χ1v) is 8.44. The zero-order valence-corrected chi connectivity index (χ0v) is 12.8. The van der Waals surface area contributed by atoms with Crippen LogP contribution in [-0.2, 0) is 14.3 Å². The molecular formula is C16H28N2O3. The fraction of sp³-hybridized carbons (Fsp3) is 0.938. The summed E-state index contributed by atoms with van der Waals surface area (Å²) < 4.78 is 11.2. The molecular weight excluding hydrogens is 268 g/mol. The zero-order chi connectivity index (χ0) is 14.7. The van der Waals surface area contributed by atoms with E-state index in [2.05, 4.69) is 5.32 Å². The summed E-state index contributed by atoms with van der Waals surface area (Å²) in [6.07, 6.45) is 8.52. The van der Waals surface area contributed by atoms with Crippen LogP contribution in [0.1, 0.15) is 51.4 Å². The van der Waals surface area contributed by atoms with Crippen LogP contribution in [0, 0.1) is 5.41 Å². The van der Waals surface area contributed by atoms with Gasteiger partial charge in [0, 0.05) is 25.8 Å². The lowest BCUT2D eigenvalue weighted by Gasteiger charge is -2.43. The fourth-order valence-electron chi connectivity index (χ4n) is 4.05. The molecule has 3 fully saturated rings. The van der Waals surface area contributed by atoms with E-state index in [1.165, 1.54) is 25.7 Å². The largest absolute Gasteiger partial charge is 0.381 e. The van der Waals surface area contributed by atoms with Crippen LogP contribution in [0.3, 0.4) is 0 Å². The maximum absolute atomic E-state index is 12.2. The average Bonchev–Trinajstić information content (AvgIpc) is 3.00. The summed E-state index contributed by atoms with van der Waals surface area (Å²) in [4.78, 5) is 12.2. The van der Waals surface area contributed by atoms with Gasteiger partial charge >= 0.3 is 0 Å². The minimum absolute atomic E-state index is 0.0672. The van der Waals surface area contributed by atoms with Crippen LogP contribution in [0.25, 0.3) is 0 Å². The van der Waals surface area contributed by atoms with E-state index in [0.717, 1.165) is 38.9 Å². The number of nitrogens with one attached hydrogen (secondary N) is 1. The van der Waals surface area contributed by atoms with Gasteiger partial charge in [-0.25, -0.2) is 0 Å². The first kappa shape index (κ1) is 15.3. The van der Waals surface area contributed by atoms with E-state index in [0.29, 0.717) is 18.0 Å². The van der Waals surface area contributed by atoms with Gasteiger partial charge in [0.1, 0.15) is 6.10 Å². The van der Waals surface area contributed by atoms with Gasteiger partial charge in [-0.1, -0.05) is 0 Å². The van der Waals surface area contributed by atoms with Crippen molar-refractivity contribution < 1.29 is 14.3 Å². The summed E-state index contributed by atoms with van der Waals surface area (Å²) in [6, 6.07) is 0.325. The zero-order valence-electron chi connectivity index (χ0n) is 12.8. The molecule has 2 atom stereocenters. The molecule has 1 saturated carbocycles. The standard InChI is InChI=1S/C16H28N2O3/c17-11-13-1-2-14(21-13)15(19)18-12-3-5-16(6-4-12)7-9-20-10-8-16/h12-14H,1-11,17H2,(H,18,19)/t13-,14+/m1/s1. The first-order chi connectivity index (χ1) is 10.2. The Kier molecular flexibility index (Phi) is 4.82. The minimum Gasteiger partial charge on any atom is -0.381 e. The van der Waals surface area contributed by atoms with Crippen LogP contribution in [0.4, 0.5) is 0 Å². The normalized spacial score (nSPS) is 33.2. The van der Waals surface area contributed by atoms with Gasteiger partial charge in [0.15, 0.2) is 0 Å². The maximum Gasteiger partial charge on any atom is 0.249 e. The van der Waals surface area contributed by atoms with Gasteiger partial charge in [-0.3, -0.25) is 4.79 Å². The Morgan fingerprint density at radius 2 is 1.81 bits per heavy atom. The summed E-state index contributed by atoms with van der Waals surface area (Å²) in [7, 11) is 0. The lowest BCUT2D eigenvalue weighted by Crippen LogP contribution is -2.45. The van der Waals surface area contributed by atoms with Crippen molar-refractivity contribution in [1.29, 1.82) is 0 Å². The maximum atomic E-state index is 12.2. The van der Waals surface area contributed by atoms with Crippen LogP contribution >= 0.6 is 0 Å². The molecule has 21 heavy (non-hydrogen) atoms. The van der Waals surface area contributed by atoms with Crippen molar-refractivity contribution in [2.45, 2.75) is 69.6 Å². The predicted molar refractivity (Wildman–Crippen MR) is 79.8 cm³/mol. The van der Waals surface area contributed by atoms with Gasteiger partial charge in [-0.2, -0.15) is 0 Å². The van der Waals surface area contributed by atoms with Gasteiger partial charge in [0.25, 0.3) is 0 Å². The van der Waals surface area contributed by atoms with Gasteiger partial charge in [-0.15, -0.1) is 0 Å². The van der Waals surface area contributed by atoms with Crippen molar-refractivity contribution in [2.24, 2.45) is 11.1 Å². The van der Waals surface area contributed by atoms with E-state index < -0.39 is 0 Å². The Morgan fingerprint density at radius 1 is 1.10 bits per heavy atom. The van der Waals surface area contributed by atoms with E-state index in [4.69, 9.17) is 15.2 Å². The van der Waals surface area contributed by atoms with E-state index in [9.17, 15) is 4.79 Å². The molecule has 1 aliphatic carbocycles. The van der Waals surface area contributed by atoms with Crippen LogP contribution in [0.2, 0.25) is 0 Å². The summed E-state index contributed by atoms with van der Waals surface area (Å²) in [5.74, 6) is 0.0684. The van der Waals surface area contributed by atoms with Crippen molar-refractivity contribution in [2.75, 3.05) is 19.8 Å². The molecule has 5 heteroatoms. The van der Waals surface area contributed by atoms with Gasteiger partial charge < -0.3 is 20.5 Å². The van der Waals surface area contributed by atoms with Crippen LogP contribution in [-0.4, -0.2) is 43.9 Å². The second-order valence-electron chi connectivity index (χ2n) is 6.96. The summed E-state index contributed by atoms with van der Waals surface area (Å²) >= 11 is 0. The van der Waals surface area contributed by atoms with Gasteiger partial charge in [-0.05, 0) is 56.8 Å². The van der Waals surface area contributed by atoms with Crippen LogP contribution in [0.5, 0.6) is 0 Å². The monoisotopic (exact) mass is 296 g/mol. The Hall–Kier alpha value is -0.650. The molecule has 5 nitrogen and oxygen atoms in total. The number of carbonyl (C=O) groups is 1. The third kappa shape index (κ3) is 3.58. The molecule has 2 heterocycles.